The lowest BCUT2D eigenvalue weighted by atomic mass is 9.96. The molecule has 0 radical (unpaired) electrons. The number of guanidine groups is 1. The molecule has 0 aliphatic carbocycles. The molecule has 6 atom stereocenters. The van der Waals surface area contributed by atoms with Gasteiger partial charge in [0.15, 0.2) is 19.2 Å². The average molecular weight is 954 g/mol. The lowest BCUT2D eigenvalue weighted by Crippen LogP contribution is -2.50. The van der Waals surface area contributed by atoms with E-state index in [1.54, 1.807) is 30.3 Å². The summed E-state index contributed by atoms with van der Waals surface area (Å²) in [6.07, 6.45) is 8.33. The van der Waals surface area contributed by atoms with Crippen molar-refractivity contribution in [2.45, 2.75) is 101 Å². The minimum absolute atomic E-state index is 0.117. The first-order chi connectivity index (χ1) is 30.7. The summed E-state index contributed by atoms with van der Waals surface area (Å²) < 4.78 is 11.3. The Morgan fingerprint density at radius 1 is 0.562 bits per heavy atom. The molecule has 4 saturated heterocycles. The number of primary amides is 1. The normalized spacial score (nSPS) is 22.4. The molecule has 4 amide bonds. The third-order valence-corrected chi connectivity index (χ3v) is 13.2. The molecular weight excluding hydrogens is 900 g/mol. The molecule has 64 heavy (non-hydrogen) atoms. The number of benzene rings is 4. The molecular formula is C46H53Cl4N9O5. The molecule has 4 aromatic rings. The van der Waals surface area contributed by atoms with E-state index in [0.717, 1.165) is 74.5 Å². The van der Waals surface area contributed by atoms with E-state index in [2.05, 4.69) is 55.3 Å². The van der Waals surface area contributed by atoms with Crippen molar-refractivity contribution in [3.8, 4) is 11.5 Å². The molecule has 14 nitrogen and oxygen atoms in total. The van der Waals surface area contributed by atoms with E-state index in [1.807, 2.05) is 24.3 Å². The maximum absolute atomic E-state index is 12.5. The fourth-order valence-corrected chi connectivity index (χ4v) is 10.1. The van der Waals surface area contributed by atoms with E-state index in [-0.39, 0.29) is 43.1 Å². The van der Waals surface area contributed by atoms with Gasteiger partial charge in [0, 0.05) is 69.4 Å². The number of rotatable bonds is 14. The first-order valence-corrected chi connectivity index (χ1v) is 22.9. The smallest absolute Gasteiger partial charge is 0.316 e. The van der Waals surface area contributed by atoms with Crippen LogP contribution in [0, 0.1) is 5.41 Å². The Bertz CT molecular complexity index is 2100. The fourth-order valence-electron chi connectivity index (χ4n) is 9.46. The number of halogens is 4. The molecule has 0 saturated carbocycles. The number of hydrogen-bond acceptors (Lipinski definition) is 8. The van der Waals surface area contributed by atoms with Gasteiger partial charge >= 0.3 is 6.03 Å². The number of hydrogen-bond donors (Lipinski definition) is 7. The molecule has 8 rings (SSSR count). The minimum Gasteiger partial charge on any atom is -0.482 e. The number of carbonyl (C=O) groups excluding carboxylic acids is 3. The summed E-state index contributed by atoms with van der Waals surface area (Å²) in [4.78, 5) is 41.4. The van der Waals surface area contributed by atoms with Crippen LogP contribution in [0.1, 0.15) is 62.5 Å². The highest BCUT2D eigenvalue weighted by Gasteiger charge is 2.42. The zero-order valence-electron chi connectivity index (χ0n) is 35.1. The number of fused-ring (bicyclic) bond motifs is 4. The Morgan fingerprint density at radius 2 is 0.922 bits per heavy atom. The van der Waals surface area contributed by atoms with Crippen LogP contribution in [0.5, 0.6) is 11.5 Å². The van der Waals surface area contributed by atoms with Gasteiger partial charge in [-0.25, -0.2) is 4.79 Å². The average Bonchev–Trinajstić information content (AvgIpc) is 3.60. The van der Waals surface area contributed by atoms with Gasteiger partial charge in [0.05, 0.1) is 11.4 Å². The second-order valence-electron chi connectivity index (χ2n) is 16.7. The summed E-state index contributed by atoms with van der Waals surface area (Å²) in [5.41, 5.74) is 13.9. The molecule has 340 valence electrons. The maximum atomic E-state index is 12.5. The van der Waals surface area contributed by atoms with E-state index < -0.39 is 6.03 Å². The highest BCUT2D eigenvalue weighted by atomic mass is 35.5. The van der Waals surface area contributed by atoms with Crippen LogP contribution >= 0.6 is 46.4 Å². The Labute approximate surface area is 393 Å². The van der Waals surface area contributed by atoms with Crippen LogP contribution in [0.4, 0.5) is 16.2 Å². The highest BCUT2D eigenvalue weighted by Crippen LogP contribution is 2.38. The molecule has 4 heterocycles. The van der Waals surface area contributed by atoms with Crippen molar-refractivity contribution < 1.29 is 23.9 Å². The molecule has 0 spiro atoms. The van der Waals surface area contributed by atoms with Gasteiger partial charge in [0.2, 0.25) is 0 Å². The van der Waals surface area contributed by atoms with Crippen molar-refractivity contribution in [3.63, 3.8) is 0 Å². The Hall–Kier alpha value is -4.96. The number of piperidine rings is 2. The summed E-state index contributed by atoms with van der Waals surface area (Å²) in [7, 11) is 0. The fraction of sp³-hybridized carbons (Fsp3) is 0.391. The molecule has 18 heteroatoms. The van der Waals surface area contributed by atoms with Crippen molar-refractivity contribution in [2.24, 2.45) is 11.5 Å². The molecule has 4 aromatic carbocycles. The number of amides is 4. The van der Waals surface area contributed by atoms with Crippen LogP contribution in [-0.2, 0) is 22.7 Å². The minimum atomic E-state index is -0.734. The predicted octanol–water partition coefficient (Wildman–Crippen LogP) is 8.16. The zero-order chi connectivity index (χ0) is 45.3. The third kappa shape index (κ3) is 13.1. The number of carbonyl (C=O) groups is 3. The lowest BCUT2D eigenvalue weighted by Gasteiger charge is -2.39. The molecule has 0 unspecified atom stereocenters. The first-order valence-electron chi connectivity index (χ1n) is 21.4. The summed E-state index contributed by atoms with van der Waals surface area (Å²) in [6, 6.07) is 27.1. The summed E-state index contributed by atoms with van der Waals surface area (Å²) in [6.45, 7) is 1.55. The molecule has 4 aliphatic rings. The monoisotopic (exact) mass is 951 g/mol. The summed E-state index contributed by atoms with van der Waals surface area (Å²) in [5, 5.41) is 21.2. The SMILES string of the molecule is N=C(N)Nc1cc(Cl)ccc1OCC(=O)N[C@H]1C[C@H]2CC[C@@H](C1)N2Cc1ccc(Cl)cc1.NC(=O)Nc1cc(Cl)ccc1OCC(=O)N[C@@H]1C[C@H]2CC[C@@H](C1)N2Cc1ccc(Cl)cc1. The van der Waals surface area contributed by atoms with Crippen molar-refractivity contribution in [3.05, 3.63) is 116 Å². The Balaban J connectivity index is 0.000000191. The lowest BCUT2D eigenvalue weighted by molar-refractivity contribution is -0.125. The van der Waals surface area contributed by atoms with Gasteiger partial charge < -0.3 is 42.2 Å². The number of ether oxygens (including phenoxy) is 2. The molecule has 4 fully saturated rings. The molecule has 4 bridgehead atoms. The third-order valence-electron chi connectivity index (χ3n) is 12.2. The number of urea groups is 1. The van der Waals surface area contributed by atoms with Gasteiger partial charge in [-0.3, -0.25) is 24.8 Å². The van der Waals surface area contributed by atoms with Crippen molar-refractivity contribution in [1.82, 2.24) is 20.4 Å². The van der Waals surface area contributed by atoms with Gasteiger partial charge in [0.25, 0.3) is 11.8 Å². The Morgan fingerprint density at radius 3 is 1.28 bits per heavy atom. The van der Waals surface area contributed by atoms with Crippen LogP contribution in [0.25, 0.3) is 0 Å². The summed E-state index contributed by atoms with van der Waals surface area (Å²) in [5.74, 6) is 0.158. The zero-order valence-corrected chi connectivity index (χ0v) is 38.2. The van der Waals surface area contributed by atoms with Crippen molar-refractivity contribution >= 4 is 81.6 Å². The quantitative estimate of drug-likeness (QED) is 0.0481. The molecule has 9 N–H and O–H groups in total. The number of anilines is 2. The maximum Gasteiger partial charge on any atom is 0.316 e. The first kappa shape index (κ1) is 47.0. The second-order valence-corrected chi connectivity index (χ2v) is 18.5. The van der Waals surface area contributed by atoms with Crippen LogP contribution in [0.2, 0.25) is 20.1 Å². The number of nitrogens with zero attached hydrogens (tertiary/aromatic N) is 2. The van der Waals surface area contributed by atoms with Gasteiger partial charge in [-0.2, -0.15) is 0 Å². The summed E-state index contributed by atoms with van der Waals surface area (Å²) >= 11 is 24.0. The van der Waals surface area contributed by atoms with E-state index in [0.29, 0.717) is 57.1 Å². The Kier molecular flexibility index (Phi) is 16.0. The van der Waals surface area contributed by atoms with Gasteiger partial charge in [-0.1, -0.05) is 70.7 Å². The van der Waals surface area contributed by atoms with E-state index in [9.17, 15) is 14.4 Å². The second kappa shape index (κ2) is 21.8. The molecule has 0 aromatic heterocycles. The van der Waals surface area contributed by atoms with Gasteiger partial charge in [-0.05, 0) is 123 Å². The van der Waals surface area contributed by atoms with Gasteiger partial charge in [0.1, 0.15) is 11.5 Å². The largest absolute Gasteiger partial charge is 0.482 e. The van der Waals surface area contributed by atoms with Crippen LogP contribution in [-0.4, -0.2) is 83.1 Å². The van der Waals surface area contributed by atoms with Crippen molar-refractivity contribution in [1.29, 1.82) is 5.41 Å². The van der Waals surface area contributed by atoms with Crippen molar-refractivity contribution in [2.75, 3.05) is 23.8 Å². The predicted molar refractivity (Wildman–Crippen MR) is 253 cm³/mol. The van der Waals surface area contributed by atoms with Crippen LogP contribution in [0.15, 0.2) is 84.9 Å². The highest BCUT2D eigenvalue weighted by molar-refractivity contribution is 6.31. The number of nitrogens with two attached hydrogens (primary N) is 2. The molecule has 4 aliphatic heterocycles. The number of nitrogens with one attached hydrogen (secondary N) is 5. The topological polar surface area (TPSA) is 200 Å². The van der Waals surface area contributed by atoms with Crippen LogP contribution < -0.4 is 42.2 Å². The van der Waals surface area contributed by atoms with Crippen LogP contribution in [0.3, 0.4) is 0 Å². The van der Waals surface area contributed by atoms with E-state index in [1.165, 1.54) is 17.2 Å². The van der Waals surface area contributed by atoms with E-state index >= 15 is 0 Å². The van der Waals surface area contributed by atoms with E-state index in [4.69, 9.17) is 72.8 Å². The van der Waals surface area contributed by atoms with Gasteiger partial charge in [-0.15, -0.1) is 0 Å². The standard InChI is InChI=1S/C23H27Cl2N5O2.C23H26Cl2N4O3/c24-15-3-1-14(2-4-15)12-30-18-6-7-19(30)11-17(10-18)28-22(31)13-32-21-8-5-16(25)9-20(21)29-23(26)27;24-15-3-1-14(2-4-15)12-29-18-6-7-19(29)11-17(10-18)27-22(30)13-32-21-8-5-16(25)9-20(21)28-23(26)31/h1-5,8-9,17-19H,6-7,10-13H2,(H,28,31)(H4,26,27,29);1-5,8-9,17-19H,6-7,10-13H2,(H,27,30)(H3,26,28,31)/t17-,18+,19-;17-,18-,19+.